The van der Waals surface area contributed by atoms with Crippen LogP contribution < -0.4 is 11.1 Å². The molecular weight excluding hydrogens is 213 g/mol. The summed E-state index contributed by atoms with van der Waals surface area (Å²) in [6.07, 6.45) is -3.78. The molecule has 0 radical (unpaired) electrons. The van der Waals surface area contributed by atoms with Crippen molar-refractivity contribution in [1.82, 2.24) is 9.97 Å². The number of carbonyl (C=O) groups is 1. The van der Waals surface area contributed by atoms with Gasteiger partial charge in [0.15, 0.2) is 0 Å². The highest BCUT2D eigenvalue weighted by atomic mass is 19.4. The van der Waals surface area contributed by atoms with Crippen LogP contribution in [0.3, 0.4) is 0 Å². The minimum Gasteiger partial charge on any atom is -0.368 e. The highest BCUT2D eigenvalue weighted by Gasteiger charge is 2.32. The Morgan fingerprint density at radius 1 is 1.47 bits per heavy atom. The second-order valence-corrected chi connectivity index (χ2v) is 2.61. The Hall–Kier alpha value is -1.86. The third-order valence-electron chi connectivity index (χ3n) is 1.40. The molecule has 5 nitrogen and oxygen atoms in total. The molecule has 82 valence electrons. The molecule has 0 spiro atoms. The molecule has 0 saturated carbocycles. The number of rotatable bonds is 3. The zero-order valence-electron chi connectivity index (χ0n) is 7.38. The number of hydrogen-bond donors (Lipinski definition) is 2. The van der Waals surface area contributed by atoms with Crippen molar-refractivity contribution < 1.29 is 18.0 Å². The normalized spacial score (nSPS) is 11.1. The van der Waals surface area contributed by atoms with Crippen molar-refractivity contribution in [2.75, 3.05) is 11.9 Å². The molecule has 1 aromatic heterocycles. The van der Waals surface area contributed by atoms with Crippen molar-refractivity contribution in [3.63, 3.8) is 0 Å². The highest BCUT2D eigenvalue weighted by Crippen LogP contribution is 2.27. The second kappa shape index (κ2) is 4.11. The first-order valence-corrected chi connectivity index (χ1v) is 3.81. The van der Waals surface area contributed by atoms with E-state index in [2.05, 4.69) is 15.3 Å². The lowest BCUT2D eigenvalue weighted by molar-refractivity contribution is -0.141. The van der Waals surface area contributed by atoms with E-state index < -0.39 is 17.8 Å². The molecule has 1 amide bonds. The van der Waals surface area contributed by atoms with E-state index in [1.54, 1.807) is 0 Å². The molecule has 0 atom stereocenters. The summed E-state index contributed by atoms with van der Waals surface area (Å²) in [5, 5.41) is 2.33. The summed E-state index contributed by atoms with van der Waals surface area (Å²) < 4.78 is 36.5. The van der Waals surface area contributed by atoms with Crippen LogP contribution in [0.2, 0.25) is 0 Å². The SMILES string of the molecule is NC(=O)CNc1cc(C(F)(F)F)ncn1. The summed E-state index contributed by atoms with van der Waals surface area (Å²) >= 11 is 0. The van der Waals surface area contributed by atoms with Crippen LogP contribution in [0.4, 0.5) is 19.0 Å². The Morgan fingerprint density at radius 2 is 2.13 bits per heavy atom. The Balaban J connectivity index is 2.79. The van der Waals surface area contributed by atoms with Crippen molar-refractivity contribution in [3.05, 3.63) is 18.1 Å². The first kappa shape index (κ1) is 11.2. The number of nitrogens with zero attached hydrogens (tertiary/aromatic N) is 2. The maximum atomic E-state index is 12.2. The number of hydrogen-bond acceptors (Lipinski definition) is 4. The topological polar surface area (TPSA) is 80.9 Å². The number of nitrogens with one attached hydrogen (secondary N) is 1. The number of anilines is 1. The third-order valence-corrected chi connectivity index (χ3v) is 1.40. The number of primary amides is 1. The fraction of sp³-hybridized carbons (Fsp3) is 0.286. The average Bonchev–Trinajstić information content (AvgIpc) is 2.14. The molecule has 0 fully saturated rings. The van der Waals surface area contributed by atoms with Crippen LogP contribution in [0.5, 0.6) is 0 Å². The van der Waals surface area contributed by atoms with Gasteiger partial charge in [0.2, 0.25) is 5.91 Å². The smallest absolute Gasteiger partial charge is 0.368 e. The van der Waals surface area contributed by atoms with E-state index in [4.69, 9.17) is 5.73 Å². The summed E-state index contributed by atoms with van der Waals surface area (Å²) in [6, 6.07) is 0.697. The van der Waals surface area contributed by atoms with E-state index in [9.17, 15) is 18.0 Å². The molecular formula is C7H7F3N4O. The van der Waals surface area contributed by atoms with Gasteiger partial charge < -0.3 is 11.1 Å². The monoisotopic (exact) mass is 220 g/mol. The summed E-state index contributed by atoms with van der Waals surface area (Å²) in [6.45, 7) is -0.283. The summed E-state index contributed by atoms with van der Waals surface area (Å²) in [5.41, 5.74) is 3.72. The first-order valence-electron chi connectivity index (χ1n) is 3.81. The van der Waals surface area contributed by atoms with Gasteiger partial charge in [-0.2, -0.15) is 13.2 Å². The van der Waals surface area contributed by atoms with E-state index in [1.807, 2.05) is 0 Å². The maximum Gasteiger partial charge on any atom is 0.433 e. The standard InChI is InChI=1S/C7H7F3N4O/c8-7(9,10)4-1-6(14-3-13-4)12-2-5(11)15/h1,3H,2H2,(H2,11,15)(H,12,13,14). The zero-order valence-corrected chi connectivity index (χ0v) is 7.38. The summed E-state index contributed by atoms with van der Waals surface area (Å²) in [7, 11) is 0. The van der Waals surface area contributed by atoms with Crippen LogP contribution in [-0.4, -0.2) is 22.4 Å². The van der Waals surface area contributed by atoms with Gasteiger partial charge in [0.05, 0.1) is 6.54 Å². The van der Waals surface area contributed by atoms with Crippen molar-refractivity contribution in [2.45, 2.75) is 6.18 Å². The Bertz CT molecular complexity index is 365. The van der Waals surface area contributed by atoms with Gasteiger partial charge in [-0.15, -0.1) is 0 Å². The van der Waals surface area contributed by atoms with Crippen LogP contribution in [0.15, 0.2) is 12.4 Å². The zero-order chi connectivity index (χ0) is 11.5. The number of amides is 1. The molecule has 8 heteroatoms. The first-order chi connectivity index (χ1) is 6.89. The van der Waals surface area contributed by atoms with E-state index in [0.29, 0.717) is 6.07 Å². The predicted molar refractivity (Wildman–Crippen MR) is 44.7 cm³/mol. The largest absolute Gasteiger partial charge is 0.433 e. The van der Waals surface area contributed by atoms with Gasteiger partial charge in [0, 0.05) is 6.07 Å². The number of nitrogens with two attached hydrogens (primary N) is 1. The van der Waals surface area contributed by atoms with E-state index in [-0.39, 0.29) is 12.4 Å². The van der Waals surface area contributed by atoms with Gasteiger partial charge >= 0.3 is 6.18 Å². The van der Waals surface area contributed by atoms with Crippen LogP contribution in [0.25, 0.3) is 0 Å². The van der Waals surface area contributed by atoms with E-state index >= 15 is 0 Å². The van der Waals surface area contributed by atoms with Gasteiger partial charge in [-0.3, -0.25) is 4.79 Å². The quantitative estimate of drug-likeness (QED) is 0.772. The predicted octanol–water partition coefficient (Wildman–Crippen LogP) is 0.393. The molecule has 0 unspecified atom stereocenters. The Kier molecular flexibility index (Phi) is 3.08. The molecule has 0 aliphatic rings. The number of carbonyl (C=O) groups excluding carboxylic acids is 1. The average molecular weight is 220 g/mol. The molecule has 0 aromatic carbocycles. The fourth-order valence-corrected chi connectivity index (χ4v) is 0.787. The highest BCUT2D eigenvalue weighted by molar-refractivity contribution is 5.78. The third kappa shape index (κ3) is 3.41. The van der Waals surface area contributed by atoms with Gasteiger partial charge in [0.1, 0.15) is 17.8 Å². The molecule has 1 rings (SSSR count). The number of aromatic nitrogens is 2. The van der Waals surface area contributed by atoms with Crippen LogP contribution in [0, 0.1) is 0 Å². The van der Waals surface area contributed by atoms with Crippen molar-refractivity contribution >= 4 is 11.7 Å². The lowest BCUT2D eigenvalue weighted by Gasteiger charge is -2.07. The van der Waals surface area contributed by atoms with Gasteiger partial charge in [-0.25, -0.2) is 9.97 Å². The molecule has 15 heavy (non-hydrogen) atoms. The maximum absolute atomic E-state index is 12.2. The van der Waals surface area contributed by atoms with E-state index in [1.165, 1.54) is 0 Å². The molecule has 0 saturated heterocycles. The molecule has 0 aliphatic heterocycles. The van der Waals surface area contributed by atoms with Gasteiger partial charge in [-0.1, -0.05) is 0 Å². The summed E-state index contributed by atoms with van der Waals surface area (Å²) in [5.74, 6) is -0.793. The molecule has 1 aromatic rings. The van der Waals surface area contributed by atoms with Gasteiger partial charge in [0.25, 0.3) is 0 Å². The van der Waals surface area contributed by atoms with Crippen molar-refractivity contribution in [3.8, 4) is 0 Å². The second-order valence-electron chi connectivity index (χ2n) is 2.61. The lowest BCUT2D eigenvalue weighted by atomic mass is 10.4. The van der Waals surface area contributed by atoms with Crippen molar-refractivity contribution in [2.24, 2.45) is 5.73 Å². The minimum absolute atomic E-state index is 0.101. The number of alkyl halides is 3. The van der Waals surface area contributed by atoms with Crippen LogP contribution in [0.1, 0.15) is 5.69 Å². The van der Waals surface area contributed by atoms with Crippen LogP contribution >= 0.6 is 0 Å². The summed E-state index contributed by atoms with van der Waals surface area (Å²) in [4.78, 5) is 16.9. The van der Waals surface area contributed by atoms with Crippen LogP contribution in [-0.2, 0) is 11.0 Å². The molecule has 0 bridgehead atoms. The fourth-order valence-electron chi connectivity index (χ4n) is 0.787. The molecule has 1 heterocycles. The van der Waals surface area contributed by atoms with Crippen molar-refractivity contribution in [1.29, 1.82) is 0 Å². The van der Waals surface area contributed by atoms with E-state index in [0.717, 1.165) is 6.33 Å². The Labute approximate surface area is 82.5 Å². The minimum atomic E-state index is -4.54. The number of halogens is 3. The lowest BCUT2D eigenvalue weighted by Crippen LogP contribution is -2.22. The molecule has 3 N–H and O–H groups in total. The molecule has 0 aliphatic carbocycles. The Morgan fingerprint density at radius 3 is 2.67 bits per heavy atom. The van der Waals surface area contributed by atoms with Gasteiger partial charge in [-0.05, 0) is 0 Å².